The van der Waals surface area contributed by atoms with E-state index in [0.29, 0.717) is 6.42 Å². The maximum atomic E-state index is 11.0. The Morgan fingerprint density at radius 1 is 1.53 bits per heavy atom. The van der Waals surface area contributed by atoms with Gasteiger partial charge >= 0.3 is 5.97 Å². The highest BCUT2D eigenvalue weighted by atomic mass is 16.5. The maximum Gasteiger partial charge on any atom is 0.305 e. The van der Waals surface area contributed by atoms with Gasteiger partial charge in [-0.3, -0.25) is 4.79 Å². The van der Waals surface area contributed by atoms with Crippen LogP contribution in [0.15, 0.2) is 0 Å². The van der Waals surface area contributed by atoms with E-state index in [-0.39, 0.29) is 18.1 Å². The normalized spacial score (nSPS) is 19.4. The molecule has 0 aliphatic carbocycles. The molecule has 1 aliphatic heterocycles. The minimum atomic E-state index is -0.126. The summed E-state index contributed by atoms with van der Waals surface area (Å²) in [5.41, 5.74) is 0.238. The van der Waals surface area contributed by atoms with Crippen LogP contribution in [-0.2, 0) is 9.53 Å². The van der Waals surface area contributed by atoms with Crippen LogP contribution in [0.3, 0.4) is 0 Å². The summed E-state index contributed by atoms with van der Waals surface area (Å²) >= 11 is 0. The van der Waals surface area contributed by atoms with Crippen molar-refractivity contribution in [3.8, 4) is 5.97 Å². The molecule has 0 unspecified atom stereocenters. The summed E-state index contributed by atoms with van der Waals surface area (Å²) in [7, 11) is 1.43. The molecule has 0 saturated carbocycles. The maximum absolute atomic E-state index is 11.0. The first-order valence-electron chi connectivity index (χ1n) is 5.56. The molecule has 82 valence electrons. The highest BCUT2D eigenvalue weighted by Gasteiger charge is 2.33. The van der Waals surface area contributed by atoms with Crippen molar-refractivity contribution >= 4 is 12.7 Å². The number of methoxy groups -OCH3 is 1. The highest BCUT2D eigenvalue weighted by molar-refractivity contribution is 6.67. The molecule has 1 aliphatic rings. The molecule has 1 saturated heterocycles. The molecular formula is C11H18BNO2. The summed E-state index contributed by atoms with van der Waals surface area (Å²) in [6, 6.07) is 0. The molecule has 0 spiro atoms. The van der Waals surface area contributed by atoms with Crippen molar-refractivity contribution in [2.24, 2.45) is 5.41 Å². The SMILES string of the molecule is COC(=O)CCC1(C)CCB(C#N)CC1. The molecule has 0 bridgehead atoms. The number of esters is 1. The number of hydrogen-bond acceptors (Lipinski definition) is 3. The third-order valence-electron chi connectivity index (χ3n) is 3.54. The van der Waals surface area contributed by atoms with E-state index in [4.69, 9.17) is 5.26 Å². The van der Waals surface area contributed by atoms with E-state index < -0.39 is 0 Å². The quantitative estimate of drug-likeness (QED) is 0.527. The minimum Gasteiger partial charge on any atom is -0.469 e. The first kappa shape index (κ1) is 12.1. The predicted molar refractivity (Wildman–Crippen MR) is 59.6 cm³/mol. The van der Waals surface area contributed by atoms with Gasteiger partial charge in [-0.2, -0.15) is 0 Å². The standard InChI is InChI=1S/C11H18BNO2/c1-11(4-3-10(14)15-2)5-7-12(9-13)8-6-11/h3-8H2,1-2H3. The van der Waals surface area contributed by atoms with Crippen LogP contribution in [0.4, 0.5) is 0 Å². The van der Waals surface area contributed by atoms with Crippen LogP contribution in [0, 0.1) is 16.6 Å². The van der Waals surface area contributed by atoms with Gasteiger partial charge in [0, 0.05) is 12.4 Å². The lowest BCUT2D eigenvalue weighted by atomic mass is 9.39. The third kappa shape index (κ3) is 3.58. The van der Waals surface area contributed by atoms with Crippen LogP contribution >= 0.6 is 0 Å². The van der Waals surface area contributed by atoms with E-state index in [0.717, 1.165) is 31.9 Å². The monoisotopic (exact) mass is 207 g/mol. The zero-order valence-corrected chi connectivity index (χ0v) is 9.58. The first-order chi connectivity index (χ1) is 7.09. The van der Waals surface area contributed by atoms with Gasteiger partial charge < -0.3 is 4.74 Å². The molecule has 0 atom stereocenters. The van der Waals surface area contributed by atoms with Gasteiger partial charge in [0.25, 0.3) is 6.71 Å². The van der Waals surface area contributed by atoms with Gasteiger partial charge in [-0.1, -0.05) is 32.4 Å². The van der Waals surface area contributed by atoms with Crippen LogP contribution in [-0.4, -0.2) is 19.8 Å². The number of nitriles is 1. The van der Waals surface area contributed by atoms with Crippen LogP contribution in [0.1, 0.15) is 32.6 Å². The Hall–Kier alpha value is -0.975. The minimum absolute atomic E-state index is 0.126. The fourth-order valence-electron chi connectivity index (χ4n) is 2.20. The number of nitrogens with zero attached hydrogens (tertiary/aromatic N) is 1. The lowest BCUT2D eigenvalue weighted by Gasteiger charge is -2.34. The second-order valence-corrected chi connectivity index (χ2v) is 4.79. The van der Waals surface area contributed by atoms with Gasteiger partial charge in [-0.05, 0) is 11.8 Å². The van der Waals surface area contributed by atoms with Gasteiger partial charge in [-0.25, -0.2) is 5.26 Å². The molecule has 1 rings (SSSR count). The van der Waals surface area contributed by atoms with E-state index in [1.54, 1.807) is 0 Å². The Morgan fingerprint density at radius 2 is 2.13 bits per heavy atom. The Balaban J connectivity index is 2.35. The molecule has 0 aromatic heterocycles. The van der Waals surface area contributed by atoms with Crippen LogP contribution in [0.5, 0.6) is 0 Å². The Bertz CT molecular complexity index is 264. The number of ether oxygens (including phenoxy) is 1. The average Bonchev–Trinajstić information content (AvgIpc) is 2.27. The van der Waals surface area contributed by atoms with Gasteiger partial charge in [0.1, 0.15) is 0 Å². The van der Waals surface area contributed by atoms with Crippen LogP contribution < -0.4 is 0 Å². The van der Waals surface area contributed by atoms with Gasteiger partial charge in [-0.15, -0.1) is 0 Å². The second kappa shape index (κ2) is 5.20. The molecule has 1 fully saturated rings. The topological polar surface area (TPSA) is 50.1 Å². The van der Waals surface area contributed by atoms with Crippen molar-refractivity contribution in [1.82, 2.24) is 0 Å². The number of rotatable bonds is 3. The zero-order chi connectivity index (χ0) is 11.3. The molecule has 0 amide bonds. The Morgan fingerprint density at radius 3 is 2.60 bits per heavy atom. The summed E-state index contributed by atoms with van der Waals surface area (Å²) in [6.45, 7) is 2.44. The molecule has 3 nitrogen and oxygen atoms in total. The van der Waals surface area contributed by atoms with Gasteiger partial charge in [0.05, 0.1) is 7.11 Å². The summed E-state index contributed by atoms with van der Waals surface area (Å²) in [6.07, 6.45) is 5.47. The molecule has 0 N–H and O–H groups in total. The molecule has 0 aromatic carbocycles. The highest BCUT2D eigenvalue weighted by Crippen LogP contribution is 2.40. The van der Waals surface area contributed by atoms with Crippen molar-refractivity contribution in [2.75, 3.05) is 7.11 Å². The third-order valence-corrected chi connectivity index (χ3v) is 3.54. The zero-order valence-electron chi connectivity index (χ0n) is 9.58. The van der Waals surface area contributed by atoms with E-state index in [2.05, 4.69) is 17.6 Å². The predicted octanol–water partition coefficient (Wildman–Crippen LogP) is 2.30. The van der Waals surface area contributed by atoms with Gasteiger partial charge in [0.15, 0.2) is 0 Å². The molecule has 1 heterocycles. The van der Waals surface area contributed by atoms with Crippen molar-refractivity contribution in [2.45, 2.75) is 45.2 Å². The van der Waals surface area contributed by atoms with E-state index in [1.165, 1.54) is 7.11 Å². The van der Waals surface area contributed by atoms with Crippen molar-refractivity contribution in [1.29, 1.82) is 5.26 Å². The first-order valence-corrected chi connectivity index (χ1v) is 5.56. The van der Waals surface area contributed by atoms with Gasteiger partial charge in [0.2, 0.25) is 0 Å². The Kier molecular flexibility index (Phi) is 4.20. The van der Waals surface area contributed by atoms with Crippen molar-refractivity contribution < 1.29 is 9.53 Å². The van der Waals surface area contributed by atoms with Crippen molar-refractivity contribution in [3.05, 3.63) is 0 Å². The summed E-state index contributed by atoms with van der Waals surface area (Å²) < 4.78 is 4.64. The molecular weight excluding hydrogens is 189 g/mol. The lowest BCUT2D eigenvalue weighted by molar-refractivity contribution is -0.141. The smallest absolute Gasteiger partial charge is 0.305 e. The van der Waals surface area contributed by atoms with E-state index in [9.17, 15) is 4.79 Å². The number of hydrogen-bond donors (Lipinski definition) is 0. The number of carbonyl (C=O) groups is 1. The van der Waals surface area contributed by atoms with Crippen molar-refractivity contribution in [3.63, 3.8) is 0 Å². The molecule has 0 aromatic rings. The number of carbonyl (C=O) groups excluding carboxylic acids is 1. The Labute approximate surface area is 91.9 Å². The summed E-state index contributed by atoms with van der Waals surface area (Å²) in [5, 5.41) is 8.79. The lowest BCUT2D eigenvalue weighted by Crippen LogP contribution is -2.28. The fourth-order valence-corrected chi connectivity index (χ4v) is 2.20. The summed E-state index contributed by atoms with van der Waals surface area (Å²) in [4.78, 5) is 11.0. The summed E-state index contributed by atoms with van der Waals surface area (Å²) in [5.74, 6) is 2.20. The second-order valence-electron chi connectivity index (χ2n) is 4.79. The van der Waals surface area contributed by atoms with E-state index in [1.807, 2.05) is 0 Å². The molecule has 4 heteroatoms. The molecule has 0 radical (unpaired) electrons. The average molecular weight is 207 g/mol. The fraction of sp³-hybridized carbons (Fsp3) is 0.818. The molecule has 15 heavy (non-hydrogen) atoms. The van der Waals surface area contributed by atoms with E-state index >= 15 is 0 Å². The van der Waals surface area contributed by atoms with Crippen LogP contribution in [0.2, 0.25) is 12.6 Å². The largest absolute Gasteiger partial charge is 0.469 e. The van der Waals surface area contributed by atoms with Crippen LogP contribution in [0.25, 0.3) is 0 Å².